The van der Waals surface area contributed by atoms with Crippen molar-refractivity contribution in [3.8, 4) is 17.1 Å². The van der Waals surface area contributed by atoms with E-state index in [0.29, 0.717) is 60.6 Å². The molecule has 0 aliphatic carbocycles. The van der Waals surface area contributed by atoms with E-state index in [1.807, 2.05) is 48.5 Å². The monoisotopic (exact) mass is 658 g/mol. The number of anilines is 1. The van der Waals surface area contributed by atoms with Gasteiger partial charge >= 0.3 is 6.01 Å². The summed E-state index contributed by atoms with van der Waals surface area (Å²) in [4.78, 5) is 32.0. The highest BCUT2D eigenvalue weighted by atomic mass is 35.5. The van der Waals surface area contributed by atoms with Gasteiger partial charge in [-0.15, -0.1) is 0 Å². The molecule has 3 aliphatic heterocycles. The number of piperazine rings is 1. The van der Waals surface area contributed by atoms with Crippen LogP contribution in [0, 0.1) is 6.57 Å². The van der Waals surface area contributed by atoms with Gasteiger partial charge < -0.3 is 19.4 Å². The van der Waals surface area contributed by atoms with Gasteiger partial charge in [0.2, 0.25) is 12.5 Å². The minimum atomic E-state index is -0.872. The Balaban J connectivity index is 1.33. The zero-order valence-electron chi connectivity index (χ0n) is 25.3. The summed E-state index contributed by atoms with van der Waals surface area (Å²) in [6, 6.07) is 15.4. The van der Waals surface area contributed by atoms with Crippen LogP contribution in [0.5, 0.6) is 6.01 Å². The second kappa shape index (κ2) is 12.3. The summed E-state index contributed by atoms with van der Waals surface area (Å²) in [5, 5.41) is 3.75. The molecule has 0 bridgehead atoms. The third kappa shape index (κ3) is 5.42. The summed E-state index contributed by atoms with van der Waals surface area (Å²) >= 11 is 13.7. The van der Waals surface area contributed by atoms with Crippen LogP contribution in [0.1, 0.15) is 19.3 Å². The molecule has 0 saturated carbocycles. The molecule has 1 amide bonds. The summed E-state index contributed by atoms with van der Waals surface area (Å²) < 4.78 is 20.9. The Morgan fingerprint density at radius 1 is 1.11 bits per heavy atom. The number of hydrogen-bond acceptors (Lipinski definition) is 6. The molecule has 4 heterocycles. The normalized spacial score (nSPS) is 23.1. The van der Waals surface area contributed by atoms with Gasteiger partial charge in [0.1, 0.15) is 24.6 Å². The highest BCUT2D eigenvalue weighted by Crippen LogP contribution is 2.42. The van der Waals surface area contributed by atoms with E-state index < -0.39 is 6.17 Å². The van der Waals surface area contributed by atoms with E-state index in [2.05, 4.69) is 21.2 Å². The number of benzene rings is 3. The van der Waals surface area contributed by atoms with Gasteiger partial charge in [0, 0.05) is 59.0 Å². The second-order valence-corrected chi connectivity index (χ2v) is 13.2. The van der Waals surface area contributed by atoms with Gasteiger partial charge in [-0.25, -0.2) is 11.0 Å². The van der Waals surface area contributed by atoms with E-state index >= 15 is 0 Å². The molecular weight excluding hydrogens is 626 g/mol. The lowest BCUT2D eigenvalue weighted by Gasteiger charge is -2.39. The molecule has 46 heavy (non-hydrogen) atoms. The first-order valence-corrected chi connectivity index (χ1v) is 16.3. The van der Waals surface area contributed by atoms with Crippen molar-refractivity contribution < 1.29 is 13.9 Å². The van der Waals surface area contributed by atoms with Crippen molar-refractivity contribution in [3.05, 3.63) is 82.6 Å². The average Bonchev–Trinajstić information content (AvgIpc) is 3.58. The maximum absolute atomic E-state index is 14.5. The lowest BCUT2D eigenvalue weighted by atomic mass is 9.95. The topological polar surface area (TPSA) is 66.2 Å². The number of ether oxygens (including phenoxy) is 1. The van der Waals surface area contributed by atoms with Crippen LogP contribution in [0.15, 0.2) is 61.2 Å². The number of carbonyl (C=O) groups excluding carboxylic acids is 1. The smallest absolute Gasteiger partial charge is 0.319 e. The first-order valence-electron chi connectivity index (χ1n) is 15.5. The van der Waals surface area contributed by atoms with Crippen LogP contribution in [0.4, 0.5) is 10.2 Å². The first-order chi connectivity index (χ1) is 22.3. The molecule has 1 aromatic heterocycles. The number of nitrogens with zero attached hydrogens (tertiary/aromatic N) is 6. The fraction of sp³-hybridized carbons (Fsp3) is 0.371. The number of alkyl halides is 1. The number of hydrogen-bond donors (Lipinski definition) is 0. The van der Waals surface area contributed by atoms with Crippen molar-refractivity contribution >= 4 is 56.6 Å². The van der Waals surface area contributed by atoms with Crippen LogP contribution in [-0.4, -0.2) is 89.3 Å². The van der Waals surface area contributed by atoms with E-state index in [0.717, 1.165) is 46.7 Å². The molecule has 236 valence electrons. The molecule has 3 atom stereocenters. The van der Waals surface area contributed by atoms with Gasteiger partial charge in [-0.05, 0) is 54.6 Å². The predicted molar refractivity (Wildman–Crippen MR) is 180 cm³/mol. The van der Waals surface area contributed by atoms with E-state index in [-0.39, 0.29) is 30.0 Å². The molecule has 11 heteroatoms. The number of aromatic nitrogens is 2. The van der Waals surface area contributed by atoms with E-state index in [9.17, 15) is 9.18 Å². The third-order valence-electron chi connectivity index (χ3n) is 9.66. The standard InChI is InChI=1S/C35H33Cl2FN6O2/c1-3-31(45)44-14-13-42(20-24(44)18-39-2)33-27-15-29(37)26(25-9-4-7-22-8-5-10-28(36)32(22)25)16-30(27)40-34(41-33)46-21-35-11-6-12-43(35)19-23(38)17-35/h3-5,7-10,15-16,23-24H,1,6,11-14,17-21H2/t23-,24+,35?/m1/s1. The molecule has 3 saturated heterocycles. The summed E-state index contributed by atoms with van der Waals surface area (Å²) in [6.45, 7) is 14.2. The fourth-order valence-electron chi connectivity index (χ4n) is 7.51. The highest BCUT2D eigenvalue weighted by molar-refractivity contribution is 6.38. The zero-order chi connectivity index (χ0) is 32.0. The molecule has 3 aromatic carbocycles. The molecule has 0 spiro atoms. The van der Waals surface area contributed by atoms with Crippen LogP contribution in [-0.2, 0) is 4.79 Å². The molecule has 3 aliphatic rings. The Morgan fingerprint density at radius 2 is 1.93 bits per heavy atom. The molecule has 4 aromatic rings. The first kappa shape index (κ1) is 30.7. The number of fused-ring (bicyclic) bond motifs is 3. The van der Waals surface area contributed by atoms with Gasteiger partial charge in [0.25, 0.3) is 0 Å². The third-order valence-corrected chi connectivity index (χ3v) is 10.3. The van der Waals surface area contributed by atoms with Crippen LogP contribution in [0.3, 0.4) is 0 Å². The van der Waals surface area contributed by atoms with Crippen LogP contribution in [0.25, 0.3) is 37.6 Å². The molecule has 0 N–H and O–H groups in total. The molecule has 8 nitrogen and oxygen atoms in total. The van der Waals surface area contributed by atoms with Crippen molar-refractivity contribution in [3.63, 3.8) is 0 Å². The molecular formula is C35H33Cl2FN6O2. The minimum Gasteiger partial charge on any atom is -0.461 e. The Morgan fingerprint density at radius 3 is 2.74 bits per heavy atom. The van der Waals surface area contributed by atoms with E-state index in [1.54, 1.807) is 4.90 Å². The minimum absolute atomic E-state index is 0.151. The van der Waals surface area contributed by atoms with E-state index in [4.69, 9.17) is 44.5 Å². The Bertz CT molecular complexity index is 1890. The summed E-state index contributed by atoms with van der Waals surface area (Å²) in [6.07, 6.45) is 2.73. The molecule has 0 radical (unpaired) electrons. The van der Waals surface area contributed by atoms with Gasteiger partial charge in [-0.1, -0.05) is 60.1 Å². The van der Waals surface area contributed by atoms with E-state index in [1.165, 1.54) is 6.08 Å². The van der Waals surface area contributed by atoms with Crippen molar-refractivity contribution in [2.24, 2.45) is 0 Å². The summed E-state index contributed by atoms with van der Waals surface area (Å²) in [7, 11) is 0. The summed E-state index contributed by atoms with van der Waals surface area (Å²) in [5.41, 5.74) is 1.92. The fourth-order valence-corrected chi connectivity index (χ4v) is 8.06. The lowest BCUT2D eigenvalue weighted by Crippen LogP contribution is -2.56. The number of carbonyl (C=O) groups is 1. The van der Waals surface area contributed by atoms with Crippen molar-refractivity contribution in [1.82, 2.24) is 19.8 Å². The molecule has 7 rings (SSSR count). The van der Waals surface area contributed by atoms with Crippen LogP contribution >= 0.6 is 23.2 Å². The maximum Gasteiger partial charge on any atom is 0.319 e. The highest BCUT2D eigenvalue weighted by Gasteiger charge is 2.49. The Kier molecular flexibility index (Phi) is 8.22. The second-order valence-electron chi connectivity index (χ2n) is 12.4. The molecule has 3 fully saturated rings. The number of rotatable bonds is 7. The quantitative estimate of drug-likeness (QED) is 0.160. The van der Waals surface area contributed by atoms with Crippen LogP contribution < -0.4 is 9.64 Å². The van der Waals surface area contributed by atoms with Crippen molar-refractivity contribution in [1.29, 1.82) is 0 Å². The Labute approximate surface area is 277 Å². The predicted octanol–water partition coefficient (Wildman–Crippen LogP) is 6.83. The van der Waals surface area contributed by atoms with Gasteiger partial charge in [0.15, 0.2) is 0 Å². The van der Waals surface area contributed by atoms with Gasteiger partial charge in [-0.3, -0.25) is 9.69 Å². The van der Waals surface area contributed by atoms with Gasteiger partial charge in [-0.2, -0.15) is 9.97 Å². The SMILES string of the molecule is [C-]#[N+]C[C@H]1CN(c2nc(OCC34CCCN3C[C@H](F)C4)nc3cc(-c4cccc5cccc(Cl)c45)c(Cl)cc23)CCN1C(=O)C=C. The largest absolute Gasteiger partial charge is 0.461 e. The zero-order valence-corrected chi connectivity index (χ0v) is 26.8. The number of amides is 1. The van der Waals surface area contributed by atoms with Crippen molar-refractivity contribution in [2.45, 2.75) is 37.0 Å². The lowest BCUT2D eigenvalue weighted by molar-refractivity contribution is -0.128. The van der Waals surface area contributed by atoms with Crippen molar-refractivity contribution in [2.75, 3.05) is 50.8 Å². The van der Waals surface area contributed by atoms with Gasteiger partial charge in [0.05, 0.1) is 11.1 Å². The Hall–Kier alpha value is -3.97. The average molecular weight is 660 g/mol. The number of halogens is 3. The maximum atomic E-state index is 14.5. The summed E-state index contributed by atoms with van der Waals surface area (Å²) in [5.74, 6) is 0.412. The van der Waals surface area contributed by atoms with Crippen LogP contribution in [0.2, 0.25) is 10.0 Å². The molecule has 1 unspecified atom stereocenters.